The smallest absolute Gasteiger partial charge is 0.275 e. The van der Waals surface area contributed by atoms with E-state index in [0.29, 0.717) is 24.8 Å². The van der Waals surface area contributed by atoms with Crippen molar-refractivity contribution >= 4 is 17.8 Å². The number of fused-ring (bicyclic) bond motifs is 1. The van der Waals surface area contributed by atoms with Crippen LogP contribution >= 0.6 is 0 Å². The number of aliphatic imine (C=N–C) groups is 1. The molecule has 1 aromatic rings. The molecule has 1 aliphatic carbocycles. The van der Waals surface area contributed by atoms with E-state index in [9.17, 15) is 4.79 Å². The first kappa shape index (κ1) is 14.3. The number of rotatable bonds is 2. The van der Waals surface area contributed by atoms with Crippen molar-refractivity contribution in [1.29, 1.82) is 0 Å². The second-order valence-corrected chi connectivity index (χ2v) is 6.22. The van der Waals surface area contributed by atoms with Crippen LogP contribution in [0.3, 0.4) is 0 Å². The molecule has 0 bridgehead atoms. The maximum absolute atomic E-state index is 12.1. The molecular weight excluding hydrogens is 292 g/mol. The van der Waals surface area contributed by atoms with E-state index in [1.54, 1.807) is 0 Å². The van der Waals surface area contributed by atoms with Gasteiger partial charge in [0.1, 0.15) is 11.5 Å². The Bertz CT molecular complexity index is 688. The molecule has 0 spiro atoms. The van der Waals surface area contributed by atoms with Gasteiger partial charge in [-0.15, -0.1) is 0 Å². The molecule has 5 nitrogen and oxygen atoms in total. The fourth-order valence-corrected chi connectivity index (χ4v) is 3.31. The van der Waals surface area contributed by atoms with Gasteiger partial charge in [-0.3, -0.25) is 4.79 Å². The summed E-state index contributed by atoms with van der Waals surface area (Å²) < 4.78 is 11.3. The van der Waals surface area contributed by atoms with Gasteiger partial charge in [-0.2, -0.15) is 0 Å². The summed E-state index contributed by atoms with van der Waals surface area (Å²) in [6, 6.07) is 5.72. The lowest BCUT2D eigenvalue weighted by molar-refractivity contribution is -0.115. The number of carbonyl (C=O) groups excluding carboxylic acids is 1. The molecule has 0 radical (unpaired) electrons. The summed E-state index contributed by atoms with van der Waals surface area (Å²) in [6.07, 6.45) is 7.38. The van der Waals surface area contributed by atoms with E-state index in [1.165, 1.54) is 12.8 Å². The summed E-state index contributed by atoms with van der Waals surface area (Å²) in [7, 11) is 0. The quantitative estimate of drug-likeness (QED) is 0.854. The fraction of sp³-hybridized carbons (Fsp3) is 0.444. The summed E-state index contributed by atoms with van der Waals surface area (Å²) in [6.45, 7) is 1.32. The SMILES string of the molecule is O=C1NC(C2CCCC2)=N/C1=C/c1ccc2c(c1)OCCCO2. The summed E-state index contributed by atoms with van der Waals surface area (Å²) in [5.74, 6) is 2.63. The molecular formula is C18H20N2O3. The van der Waals surface area contributed by atoms with Gasteiger partial charge in [-0.1, -0.05) is 18.9 Å². The largest absolute Gasteiger partial charge is 0.490 e. The molecule has 0 unspecified atom stereocenters. The molecule has 4 rings (SSSR count). The topological polar surface area (TPSA) is 59.9 Å². The van der Waals surface area contributed by atoms with Crippen LogP contribution in [-0.4, -0.2) is 25.0 Å². The minimum Gasteiger partial charge on any atom is -0.490 e. The van der Waals surface area contributed by atoms with E-state index in [1.807, 2.05) is 24.3 Å². The number of nitrogens with zero attached hydrogens (tertiary/aromatic N) is 1. The lowest BCUT2D eigenvalue weighted by Gasteiger charge is -2.07. The lowest BCUT2D eigenvalue weighted by Crippen LogP contribution is -2.29. The highest BCUT2D eigenvalue weighted by molar-refractivity contribution is 6.15. The molecule has 1 amide bonds. The van der Waals surface area contributed by atoms with Crippen LogP contribution in [0.4, 0.5) is 0 Å². The van der Waals surface area contributed by atoms with E-state index in [2.05, 4.69) is 10.3 Å². The second-order valence-electron chi connectivity index (χ2n) is 6.22. The Morgan fingerprint density at radius 3 is 2.70 bits per heavy atom. The van der Waals surface area contributed by atoms with Gasteiger partial charge in [0.25, 0.3) is 5.91 Å². The van der Waals surface area contributed by atoms with Crippen molar-refractivity contribution in [2.24, 2.45) is 10.9 Å². The Hall–Kier alpha value is -2.30. The van der Waals surface area contributed by atoms with Crippen molar-refractivity contribution in [2.45, 2.75) is 32.1 Å². The van der Waals surface area contributed by atoms with Crippen LogP contribution < -0.4 is 14.8 Å². The van der Waals surface area contributed by atoms with Crippen LogP contribution in [0.15, 0.2) is 28.9 Å². The van der Waals surface area contributed by atoms with Gasteiger partial charge in [0, 0.05) is 12.3 Å². The molecule has 0 atom stereocenters. The molecule has 1 saturated carbocycles. The first-order valence-corrected chi connectivity index (χ1v) is 8.31. The number of hydrogen-bond donors (Lipinski definition) is 1. The number of benzene rings is 1. The Balaban J connectivity index is 1.59. The van der Waals surface area contributed by atoms with Gasteiger partial charge < -0.3 is 14.8 Å². The van der Waals surface area contributed by atoms with Crippen LogP contribution in [0.25, 0.3) is 6.08 Å². The van der Waals surface area contributed by atoms with Gasteiger partial charge in [-0.05, 0) is 36.6 Å². The minimum atomic E-state index is -0.112. The number of carbonyl (C=O) groups is 1. The Labute approximate surface area is 135 Å². The highest BCUT2D eigenvalue weighted by Crippen LogP contribution is 2.32. The van der Waals surface area contributed by atoms with Crippen molar-refractivity contribution in [2.75, 3.05) is 13.2 Å². The Morgan fingerprint density at radius 1 is 1.09 bits per heavy atom. The fourth-order valence-electron chi connectivity index (χ4n) is 3.31. The van der Waals surface area contributed by atoms with Crippen molar-refractivity contribution in [3.8, 4) is 11.5 Å². The lowest BCUT2D eigenvalue weighted by atomic mass is 10.1. The third-order valence-corrected chi connectivity index (χ3v) is 4.53. The first-order valence-electron chi connectivity index (χ1n) is 8.31. The average Bonchev–Trinajstić information content (AvgIpc) is 3.13. The molecule has 3 aliphatic rings. The number of nitrogens with one attached hydrogen (secondary N) is 1. The zero-order chi connectivity index (χ0) is 15.6. The van der Waals surface area contributed by atoms with E-state index in [0.717, 1.165) is 42.2 Å². The van der Waals surface area contributed by atoms with Crippen LogP contribution in [0.1, 0.15) is 37.7 Å². The molecule has 0 saturated heterocycles. The van der Waals surface area contributed by atoms with Crippen LogP contribution in [0.2, 0.25) is 0 Å². The predicted molar refractivity (Wildman–Crippen MR) is 87.6 cm³/mol. The molecule has 23 heavy (non-hydrogen) atoms. The number of amides is 1. The normalized spacial score (nSPS) is 22.9. The number of ether oxygens (including phenoxy) is 2. The Morgan fingerprint density at radius 2 is 1.87 bits per heavy atom. The highest BCUT2D eigenvalue weighted by Gasteiger charge is 2.28. The van der Waals surface area contributed by atoms with Gasteiger partial charge in [0.15, 0.2) is 11.5 Å². The molecule has 2 heterocycles. The summed E-state index contributed by atoms with van der Waals surface area (Å²) in [5.41, 5.74) is 1.37. The van der Waals surface area contributed by atoms with E-state index in [-0.39, 0.29) is 5.91 Å². The summed E-state index contributed by atoms with van der Waals surface area (Å²) >= 11 is 0. The Kier molecular flexibility index (Phi) is 3.77. The maximum Gasteiger partial charge on any atom is 0.275 e. The number of hydrogen-bond acceptors (Lipinski definition) is 4. The highest BCUT2D eigenvalue weighted by atomic mass is 16.5. The van der Waals surface area contributed by atoms with Crippen molar-refractivity contribution in [1.82, 2.24) is 5.32 Å². The standard InChI is InChI=1S/C18H20N2O3/c21-18-14(19-17(20-18)13-4-1-2-5-13)10-12-6-7-15-16(11-12)23-9-3-8-22-15/h6-7,10-11,13H,1-5,8-9H2,(H,19,20,21)/b14-10+. The van der Waals surface area contributed by atoms with Gasteiger partial charge in [0.2, 0.25) is 0 Å². The molecule has 1 N–H and O–H groups in total. The zero-order valence-corrected chi connectivity index (χ0v) is 13.0. The molecule has 1 aromatic carbocycles. The average molecular weight is 312 g/mol. The van der Waals surface area contributed by atoms with Crippen molar-refractivity contribution in [3.05, 3.63) is 29.5 Å². The van der Waals surface area contributed by atoms with E-state index >= 15 is 0 Å². The first-order chi connectivity index (χ1) is 11.3. The molecule has 0 aromatic heterocycles. The molecule has 120 valence electrons. The van der Waals surface area contributed by atoms with Gasteiger partial charge >= 0.3 is 0 Å². The van der Waals surface area contributed by atoms with Gasteiger partial charge in [-0.25, -0.2) is 4.99 Å². The van der Waals surface area contributed by atoms with E-state index < -0.39 is 0 Å². The van der Waals surface area contributed by atoms with Gasteiger partial charge in [0.05, 0.1) is 13.2 Å². The third kappa shape index (κ3) is 2.96. The van der Waals surface area contributed by atoms with Crippen molar-refractivity contribution in [3.63, 3.8) is 0 Å². The van der Waals surface area contributed by atoms with Crippen molar-refractivity contribution < 1.29 is 14.3 Å². The maximum atomic E-state index is 12.1. The monoisotopic (exact) mass is 312 g/mol. The zero-order valence-electron chi connectivity index (χ0n) is 13.0. The van der Waals surface area contributed by atoms with Crippen LogP contribution in [0.5, 0.6) is 11.5 Å². The van der Waals surface area contributed by atoms with E-state index in [4.69, 9.17) is 9.47 Å². The van der Waals surface area contributed by atoms with Crippen LogP contribution in [0, 0.1) is 5.92 Å². The second kappa shape index (κ2) is 6.07. The molecule has 2 aliphatic heterocycles. The third-order valence-electron chi connectivity index (χ3n) is 4.53. The molecule has 5 heteroatoms. The van der Waals surface area contributed by atoms with Crippen LogP contribution in [-0.2, 0) is 4.79 Å². The minimum absolute atomic E-state index is 0.112. The predicted octanol–water partition coefficient (Wildman–Crippen LogP) is 2.91. The molecule has 1 fully saturated rings. The summed E-state index contributed by atoms with van der Waals surface area (Å²) in [5, 5.41) is 2.93. The number of amidine groups is 1. The summed E-state index contributed by atoms with van der Waals surface area (Å²) in [4.78, 5) is 16.7.